The second kappa shape index (κ2) is 7.72. The monoisotopic (exact) mass is 374 g/mol. The highest BCUT2D eigenvalue weighted by atomic mass is 16.6. The second-order valence-corrected chi connectivity index (χ2v) is 8.25. The van der Waals surface area contributed by atoms with E-state index < -0.39 is 11.7 Å². The lowest BCUT2D eigenvalue weighted by atomic mass is 9.94. The fourth-order valence-electron chi connectivity index (χ4n) is 4.49. The Balaban J connectivity index is 1.39. The summed E-state index contributed by atoms with van der Waals surface area (Å²) in [4.78, 5) is 24.0. The van der Waals surface area contributed by atoms with E-state index in [9.17, 15) is 4.79 Å². The summed E-state index contributed by atoms with van der Waals surface area (Å²) in [5, 5.41) is 3.18. The van der Waals surface area contributed by atoms with Crippen LogP contribution in [-0.4, -0.2) is 59.9 Å². The zero-order valence-electron chi connectivity index (χ0n) is 16.4. The number of rotatable bonds is 3. The molecule has 0 radical (unpaired) electrons. The van der Waals surface area contributed by atoms with Gasteiger partial charge in [0, 0.05) is 30.4 Å². The van der Waals surface area contributed by atoms with Crippen LogP contribution < -0.4 is 10.2 Å². The van der Waals surface area contributed by atoms with Crippen LogP contribution in [0.5, 0.6) is 0 Å². The van der Waals surface area contributed by atoms with Gasteiger partial charge in [0.25, 0.3) is 0 Å². The number of ether oxygens (including phenoxy) is 2. The minimum Gasteiger partial charge on any atom is -0.369 e. The molecule has 7 nitrogen and oxygen atoms in total. The van der Waals surface area contributed by atoms with Gasteiger partial charge in [-0.25, -0.2) is 9.97 Å². The van der Waals surface area contributed by atoms with Gasteiger partial charge in [0.05, 0.1) is 19.8 Å². The molecule has 2 saturated heterocycles. The summed E-state index contributed by atoms with van der Waals surface area (Å²) in [5.74, 6) is 0.757. The van der Waals surface area contributed by atoms with Crippen molar-refractivity contribution in [2.75, 3.05) is 31.2 Å². The van der Waals surface area contributed by atoms with E-state index in [1.54, 1.807) is 0 Å². The number of anilines is 1. The molecule has 2 unspecified atom stereocenters. The Bertz CT molecular complexity index is 672. The van der Waals surface area contributed by atoms with Crippen molar-refractivity contribution in [1.29, 1.82) is 0 Å². The molecule has 2 atom stereocenters. The molecular weight excluding hydrogens is 344 g/mol. The molecule has 1 amide bonds. The normalized spacial score (nSPS) is 29.3. The first-order valence-electron chi connectivity index (χ1n) is 10.2. The van der Waals surface area contributed by atoms with Crippen molar-refractivity contribution >= 4 is 11.9 Å². The fraction of sp³-hybridized carbons (Fsp3) is 0.750. The molecule has 1 aliphatic carbocycles. The van der Waals surface area contributed by atoms with Gasteiger partial charge in [-0.2, -0.15) is 0 Å². The van der Waals surface area contributed by atoms with Crippen LogP contribution in [0.1, 0.15) is 49.9 Å². The molecule has 1 spiro atoms. The van der Waals surface area contributed by atoms with Gasteiger partial charge in [-0.1, -0.05) is 19.3 Å². The summed E-state index contributed by atoms with van der Waals surface area (Å²) in [6, 6.07) is 2.28. The molecule has 1 aromatic heterocycles. The third kappa shape index (κ3) is 4.24. The predicted molar refractivity (Wildman–Crippen MR) is 102 cm³/mol. The SMILES string of the molecule is Cc1cc(C)nc(N2CCOC3(COC(C(=O)NC4CCCCC4)C3)C2)n1. The molecule has 3 fully saturated rings. The van der Waals surface area contributed by atoms with Gasteiger partial charge in [-0.3, -0.25) is 4.79 Å². The van der Waals surface area contributed by atoms with Crippen molar-refractivity contribution < 1.29 is 14.3 Å². The number of hydrogen-bond donors (Lipinski definition) is 1. The van der Waals surface area contributed by atoms with Crippen LogP contribution >= 0.6 is 0 Å². The maximum atomic E-state index is 12.7. The lowest BCUT2D eigenvalue weighted by molar-refractivity contribution is -0.131. The lowest BCUT2D eigenvalue weighted by Crippen LogP contribution is -2.53. The molecule has 0 bridgehead atoms. The molecular formula is C20H30N4O3. The van der Waals surface area contributed by atoms with E-state index in [-0.39, 0.29) is 5.91 Å². The molecule has 3 heterocycles. The number of amides is 1. The highest BCUT2D eigenvalue weighted by Crippen LogP contribution is 2.33. The number of morpholine rings is 1. The average molecular weight is 374 g/mol. The van der Waals surface area contributed by atoms with Gasteiger partial charge in [-0.15, -0.1) is 0 Å². The van der Waals surface area contributed by atoms with E-state index >= 15 is 0 Å². The van der Waals surface area contributed by atoms with E-state index in [0.29, 0.717) is 32.2 Å². The molecule has 3 aliphatic rings. The largest absolute Gasteiger partial charge is 0.369 e. The molecule has 1 saturated carbocycles. The molecule has 27 heavy (non-hydrogen) atoms. The minimum absolute atomic E-state index is 0.0159. The molecule has 4 rings (SSSR count). The van der Waals surface area contributed by atoms with E-state index in [1.165, 1.54) is 19.3 Å². The Morgan fingerprint density at radius 2 is 1.96 bits per heavy atom. The van der Waals surface area contributed by atoms with Gasteiger partial charge in [-0.05, 0) is 32.8 Å². The van der Waals surface area contributed by atoms with Crippen LogP contribution in [0.4, 0.5) is 5.95 Å². The van der Waals surface area contributed by atoms with Crippen LogP contribution in [0.2, 0.25) is 0 Å². The van der Waals surface area contributed by atoms with Gasteiger partial charge in [0.1, 0.15) is 11.7 Å². The Hall–Kier alpha value is -1.73. The first-order valence-corrected chi connectivity index (χ1v) is 10.2. The van der Waals surface area contributed by atoms with Crippen LogP contribution in [0.3, 0.4) is 0 Å². The number of hydrogen-bond acceptors (Lipinski definition) is 6. The summed E-state index contributed by atoms with van der Waals surface area (Å²) in [6.45, 7) is 6.41. The molecule has 0 aromatic carbocycles. The number of aryl methyl sites for hydroxylation is 2. The molecule has 1 N–H and O–H groups in total. The Kier molecular flexibility index (Phi) is 5.32. The first-order chi connectivity index (χ1) is 13.0. The van der Waals surface area contributed by atoms with Gasteiger partial charge >= 0.3 is 0 Å². The summed E-state index contributed by atoms with van der Waals surface area (Å²) >= 11 is 0. The van der Waals surface area contributed by atoms with Crippen LogP contribution in [-0.2, 0) is 14.3 Å². The average Bonchev–Trinajstić information content (AvgIpc) is 3.05. The number of aromatic nitrogens is 2. The number of nitrogens with one attached hydrogen (secondary N) is 1. The van der Waals surface area contributed by atoms with E-state index in [2.05, 4.69) is 20.2 Å². The number of nitrogens with zero attached hydrogens (tertiary/aromatic N) is 3. The maximum absolute atomic E-state index is 12.7. The fourth-order valence-corrected chi connectivity index (χ4v) is 4.49. The van der Waals surface area contributed by atoms with Crippen LogP contribution in [0.25, 0.3) is 0 Å². The van der Waals surface area contributed by atoms with Crippen LogP contribution in [0, 0.1) is 13.8 Å². The Morgan fingerprint density at radius 3 is 2.70 bits per heavy atom. The van der Waals surface area contributed by atoms with Crippen molar-refractivity contribution in [2.24, 2.45) is 0 Å². The van der Waals surface area contributed by atoms with Gasteiger partial charge in [0.2, 0.25) is 11.9 Å². The number of carbonyl (C=O) groups excluding carboxylic acids is 1. The first kappa shape index (κ1) is 18.6. The van der Waals surface area contributed by atoms with E-state index in [0.717, 1.165) is 36.7 Å². The summed E-state index contributed by atoms with van der Waals surface area (Å²) in [5.41, 5.74) is 1.48. The standard InChI is InChI=1S/C20H30N4O3/c1-14-10-15(2)22-19(21-14)24-8-9-27-20(12-24)11-17(26-13-20)18(25)23-16-6-4-3-5-7-16/h10,16-17H,3-9,11-13H2,1-2H3,(H,23,25). The summed E-state index contributed by atoms with van der Waals surface area (Å²) < 4.78 is 12.0. The van der Waals surface area contributed by atoms with Gasteiger partial charge in [0.15, 0.2) is 0 Å². The third-order valence-electron chi connectivity index (χ3n) is 5.85. The maximum Gasteiger partial charge on any atom is 0.249 e. The van der Waals surface area contributed by atoms with Crippen molar-refractivity contribution in [1.82, 2.24) is 15.3 Å². The van der Waals surface area contributed by atoms with Crippen molar-refractivity contribution in [3.63, 3.8) is 0 Å². The number of carbonyl (C=O) groups is 1. The van der Waals surface area contributed by atoms with E-state index in [1.807, 2.05) is 19.9 Å². The van der Waals surface area contributed by atoms with Crippen molar-refractivity contribution in [2.45, 2.75) is 70.1 Å². The third-order valence-corrected chi connectivity index (χ3v) is 5.85. The van der Waals surface area contributed by atoms with Crippen LogP contribution in [0.15, 0.2) is 6.07 Å². The predicted octanol–water partition coefficient (Wildman–Crippen LogP) is 1.91. The lowest BCUT2D eigenvalue weighted by Gasteiger charge is -2.39. The molecule has 7 heteroatoms. The smallest absolute Gasteiger partial charge is 0.249 e. The summed E-state index contributed by atoms with van der Waals surface area (Å²) in [6.07, 6.45) is 6.01. The molecule has 1 aromatic rings. The van der Waals surface area contributed by atoms with E-state index in [4.69, 9.17) is 9.47 Å². The Labute approximate surface area is 160 Å². The van der Waals surface area contributed by atoms with Crippen molar-refractivity contribution in [3.05, 3.63) is 17.5 Å². The molecule has 2 aliphatic heterocycles. The highest BCUT2D eigenvalue weighted by Gasteiger charge is 2.47. The second-order valence-electron chi connectivity index (χ2n) is 8.25. The minimum atomic E-state index is -0.451. The zero-order valence-corrected chi connectivity index (χ0v) is 16.4. The summed E-state index contributed by atoms with van der Waals surface area (Å²) in [7, 11) is 0. The van der Waals surface area contributed by atoms with Gasteiger partial charge < -0.3 is 19.7 Å². The Morgan fingerprint density at radius 1 is 1.22 bits per heavy atom. The zero-order chi connectivity index (χ0) is 18.9. The highest BCUT2D eigenvalue weighted by molar-refractivity contribution is 5.81. The van der Waals surface area contributed by atoms with Crippen molar-refractivity contribution in [3.8, 4) is 0 Å². The topological polar surface area (TPSA) is 76.6 Å². The molecule has 148 valence electrons. The quantitative estimate of drug-likeness (QED) is 0.871.